The average molecular weight is 493 g/mol. The molecule has 1 fully saturated rings. The van der Waals surface area contributed by atoms with Crippen molar-refractivity contribution in [3.8, 4) is 17.2 Å². The molecular weight excluding hydrogens is 460 g/mol. The molecule has 0 amide bonds. The summed E-state index contributed by atoms with van der Waals surface area (Å²) in [6.07, 6.45) is 2.53. The van der Waals surface area contributed by atoms with Crippen molar-refractivity contribution >= 4 is 29.8 Å². The summed E-state index contributed by atoms with van der Waals surface area (Å²) in [6, 6.07) is 2.16. The third-order valence-corrected chi connectivity index (χ3v) is 5.57. The molecule has 1 aromatic rings. The molecule has 0 heterocycles. The Morgan fingerprint density at radius 3 is 1.91 bits per heavy atom. The first-order valence-electron chi connectivity index (χ1n) is 11.5. The highest BCUT2D eigenvalue weighted by molar-refractivity contribution is 5.93. The molecule has 0 saturated heterocycles. The van der Waals surface area contributed by atoms with Crippen molar-refractivity contribution in [3.63, 3.8) is 0 Å². The van der Waals surface area contributed by atoms with Crippen LogP contribution in [0.1, 0.15) is 71.2 Å². The molecule has 3 atom stereocenters. The number of carbonyl (C=O) groups excluding carboxylic acids is 5. The molecule has 10 heteroatoms. The van der Waals surface area contributed by atoms with Gasteiger partial charge in [-0.2, -0.15) is 0 Å². The van der Waals surface area contributed by atoms with Gasteiger partial charge in [-0.05, 0) is 42.7 Å². The quantitative estimate of drug-likeness (QED) is 0.391. The zero-order valence-corrected chi connectivity index (χ0v) is 20.9. The Labute approximate surface area is 204 Å². The number of carbonyl (C=O) groups is 5. The number of esters is 5. The summed E-state index contributed by atoms with van der Waals surface area (Å²) < 4.78 is 25.8. The Hall–Kier alpha value is -3.43. The van der Waals surface area contributed by atoms with E-state index in [0.717, 1.165) is 52.2 Å². The molecule has 0 unspecified atom stereocenters. The van der Waals surface area contributed by atoms with Crippen LogP contribution in [0.25, 0.3) is 0 Å². The monoisotopic (exact) mass is 492 g/mol. The molecule has 1 aliphatic carbocycles. The van der Waals surface area contributed by atoms with Crippen molar-refractivity contribution in [2.75, 3.05) is 6.61 Å². The van der Waals surface area contributed by atoms with Gasteiger partial charge in [-0.15, -0.1) is 0 Å². The summed E-state index contributed by atoms with van der Waals surface area (Å²) in [5, 5.41) is 0. The minimum absolute atomic E-state index is 0.201. The first kappa shape index (κ1) is 27.8. The second kappa shape index (κ2) is 12.3. The van der Waals surface area contributed by atoms with E-state index in [2.05, 4.69) is 20.8 Å². The fraction of sp³-hybridized carbons (Fsp3) is 0.560. The van der Waals surface area contributed by atoms with Crippen molar-refractivity contribution in [2.24, 2.45) is 17.8 Å². The SMILES string of the molecule is CC(=O)Oc1cc(C(=O)OCC(=O)O[C@@H]2C[C@H](C)CC[C@H]2C(C)C)cc(OC(C)=O)c1OC(C)=O. The van der Waals surface area contributed by atoms with Crippen LogP contribution in [-0.4, -0.2) is 42.6 Å². The summed E-state index contributed by atoms with van der Waals surface area (Å²) in [4.78, 5) is 59.6. The third-order valence-electron chi connectivity index (χ3n) is 5.57. The van der Waals surface area contributed by atoms with Gasteiger partial charge < -0.3 is 23.7 Å². The normalized spacial score (nSPS) is 19.5. The van der Waals surface area contributed by atoms with Gasteiger partial charge in [0, 0.05) is 20.8 Å². The average Bonchev–Trinajstić information content (AvgIpc) is 2.72. The second-order valence-electron chi connectivity index (χ2n) is 9.01. The predicted molar refractivity (Wildman–Crippen MR) is 122 cm³/mol. The van der Waals surface area contributed by atoms with E-state index < -0.39 is 36.5 Å². The minimum atomic E-state index is -0.962. The smallest absolute Gasteiger partial charge is 0.344 e. The van der Waals surface area contributed by atoms with Crippen LogP contribution in [0, 0.1) is 17.8 Å². The molecule has 0 bridgehead atoms. The number of benzene rings is 1. The van der Waals surface area contributed by atoms with Crippen molar-refractivity contribution in [1.82, 2.24) is 0 Å². The van der Waals surface area contributed by atoms with Crippen molar-refractivity contribution < 1.29 is 47.7 Å². The molecular formula is C25H32O10. The highest BCUT2D eigenvalue weighted by Gasteiger charge is 2.33. The molecule has 0 spiro atoms. The van der Waals surface area contributed by atoms with Gasteiger partial charge in [0.25, 0.3) is 0 Å². The Morgan fingerprint density at radius 2 is 1.43 bits per heavy atom. The van der Waals surface area contributed by atoms with E-state index in [1.165, 1.54) is 0 Å². The van der Waals surface area contributed by atoms with Gasteiger partial charge in [-0.3, -0.25) is 14.4 Å². The van der Waals surface area contributed by atoms with E-state index in [1.807, 2.05) is 0 Å². The summed E-state index contributed by atoms with van der Waals surface area (Å²) in [6.45, 7) is 8.94. The Kier molecular flexibility index (Phi) is 9.79. The van der Waals surface area contributed by atoms with Gasteiger partial charge in [-0.25, -0.2) is 9.59 Å². The van der Waals surface area contributed by atoms with Gasteiger partial charge in [-0.1, -0.05) is 27.2 Å². The Balaban J connectivity index is 2.19. The van der Waals surface area contributed by atoms with E-state index in [-0.39, 0.29) is 34.8 Å². The van der Waals surface area contributed by atoms with E-state index in [0.29, 0.717) is 11.8 Å². The molecule has 35 heavy (non-hydrogen) atoms. The fourth-order valence-electron chi connectivity index (χ4n) is 4.06. The highest BCUT2D eigenvalue weighted by atomic mass is 16.6. The van der Waals surface area contributed by atoms with Crippen molar-refractivity contribution in [3.05, 3.63) is 17.7 Å². The van der Waals surface area contributed by atoms with Crippen LogP contribution in [0.2, 0.25) is 0 Å². The van der Waals surface area contributed by atoms with Crippen LogP contribution in [0.4, 0.5) is 0 Å². The standard InChI is InChI=1S/C25H32O10/c1-13(2)19-8-7-14(3)9-20(19)35-23(29)12-31-25(30)18-10-21(32-15(4)26)24(34-17(6)28)22(11-18)33-16(5)27/h10-11,13-14,19-20H,7-9,12H2,1-6H3/t14-,19+,20-/m1/s1. The lowest BCUT2D eigenvalue weighted by molar-refractivity contribution is -0.159. The topological polar surface area (TPSA) is 132 Å². The summed E-state index contributed by atoms with van der Waals surface area (Å²) in [5.41, 5.74) is -0.201. The zero-order chi connectivity index (χ0) is 26.3. The van der Waals surface area contributed by atoms with Crippen LogP contribution in [0.15, 0.2) is 12.1 Å². The summed E-state index contributed by atoms with van der Waals surface area (Å²) >= 11 is 0. The van der Waals surface area contributed by atoms with Crippen molar-refractivity contribution in [1.29, 1.82) is 0 Å². The number of rotatable bonds is 8. The largest absolute Gasteiger partial charge is 0.460 e. The second-order valence-corrected chi connectivity index (χ2v) is 9.01. The lowest BCUT2D eigenvalue weighted by atomic mass is 9.75. The maximum absolute atomic E-state index is 12.7. The number of ether oxygens (including phenoxy) is 5. The zero-order valence-electron chi connectivity index (χ0n) is 20.9. The molecule has 1 aromatic carbocycles. The van der Waals surface area contributed by atoms with Gasteiger partial charge >= 0.3 is 29.8 Å². The van der Waals surface area contributed by atoms with Crippen LogP contribution in [0.5, 0.6) is 17.2 Å². The van der Waals surface area contributed by atoms with Crippen LogP contribution in [0.3, 0.4) is 0 Å². The molecule has 2 rings (SSSR count). The summed E-state index contributed by atoms with van der Waals surface area (Å²) in [7, 11) is 0. The first-order chi connectivity index (χ1) is 16.4. The maximum atomic E-state index is 12.7. The molecule has 0 aliphatic heterocycles. The summed E-state index contributed by atoms with van der Waals surface area (Å²) in [5.74, 6) is -3.99. The first-order valence-corrected chi connectivity index (χ1v) is 11.5. The van der Waals surface area contributed by atoms with Crippen LogP contribution >= 0.6 is 0 Å². The van der Waals surface area contributed by atoms with E-state index in [4.69, 9.17) is 23.7 Å². The molecule has 10 nitrogen and oxygen atoms in total. The fourth-order valence-corrected chi connectivity index (χ4v) is 4.06. The van der Waals surface area contributed by atoms with Crippen molar-refractivity contribution in [2.45, 2.75) is 66.9 Å². The molecule has 1 aliphatic rings. The lowest BCUT2D eigenvalue weighted by Gasteiger charge is -2.36. The highest BCUT2D eigenvalue weighted by Crippen LogP contribution is 2.40. The molecule has 1 saturated carbocycles. The van der Waals surface area contributed by atoms with E-state index in [1.54, 1.807) is 0 Å². The molecule has 0 aromatic heterocycles. The Morgan fingerprint density at radius 1 is 0.886 bits per heavy atom. The molecule has 0 radical (unpaired) electrons. The number of hydrogen-bond acceptors (Lipinski definition) is 10. The Bertz CT molecular complexity index is 943. The third kappa shape index (κ3) is 8.38. The minimum Gasteiger partial charge on any atom is -0.460 e. The van der Waals surface area contributed by atoms with Gasteiger partial charge in [0.2, 0.25) is 5.75 Å². The van der Waals surface area contributed by atoms with Gasteiger partial charge in [0.1, 0.15) is 6.10 Å². The maximum Gasteiger partial charge on any atom is 0.344 e. The predicted octanol–water partition coefficient (Wildman–Crippen LogP) is 3.62. The van der Waals surface area contributed by atoms with Gasteiger partial charge in [0.05, 0.1) is 5.56 Å². The van der Waals surface area contributed by atoms with E-state index >= 15 is 0 Å². The van der Waals surface area contributed by atoms with Crippen LogP contribution in [-0.2, 0) is 28.7 Å². The molecule has 0 N–H and O–H groups in total. The van der Waals surface area contributed by atoms with E-state index in [9.17, 15) is 24.0 Å². The number of hydrogen-bond donors (Lipinski definition) is 0. The molecule has 192 valence electrons. The van der Waals surface area contributed by atoms with Gasteiger partial charge in [0.15, 0.2) is 18.1 Å². The lowest BCUT2D eigenvalue weighted by Crippen LogP contribution is -2.36. The van der Waals surface area contributed by atoms with Crippen LogP contribution < -0.4 is 14.2 Å².